The average molecular weight is 1560 g/mol. The highest BCUT2D eigenvalue weighted by molar-refractivity contribution is 5.78. The molecule has 594 valence electrons. The number of aromatic nitrogens is 5. The van der Waals surface area contributed by atoms with Gasteiger partial charge in [0.2, 0.25) is 28.5 Å². The van der Waals surface area contributed by atoms with Crippen LogP contribution in [0.2, 0.25) is 0 Å². The molecule has 5 heteroatoms. The molecule has 0 aliphatic heterocycles. The van der Waals surface area contributed by atoms with E-state index in [0.717, 1.165) is 110 Å². The van der Waals surface area contributed by atoms with Crippen molar-refractivity contribution in [1.82, 2.24) is 0 Å². The molecule has 15 aromatic rings. The Morgan fingerprint density at radius 2 is 0.576 bits per heavy atom. The van der Waals surface area contributed by atoms with Gasteiger partial charge in [-0.2, -0.15) is 0 Å². The predicted octanol–water partition coefficient (Wildman–Crippen LogP) is 26.8. The summed E-state index contributed by atoms with van der Waals surface area (Å²) in [5.74, 6) is -1.85. The van der Waals surface area contributed by atoms with Gasteiger partial charge in [0.05, 0.1) is 0 Å². The third-order valence-corrected chi connectivity index (χ3v) is 23.3. The number of benzene rings is 10. The quantitative estimate of drug-likeness (QED) is 0.103. The molecule has 0 atom stereocenters. The van der Waals surface area contributed by atoms with E-state index in [-0.39, 0.29) is 5.56 Å². The van der Waals surface area contributed by atoms with Gasteiger partial charge in [0.1, 0.15) is 35.2 Å². The first-order valence-corrected chi connectivity index (χ1v) is 41.6. The van der Waals surface area contributed by atoms with Gasteiger partial charge < -0.3 is 0 Å². The van der Waals surface area contributed by atoms with E-state index in [2.05, 4.69) is 276 Å². The summed E-state index contributed by atoms with van der Waals surface area (Å²) >= 11 is 0. The van der Waals surface area contributed by atoms with Crippen molar-refractivity contribution in [3.05, 3.63) is 389 Å². The van der Waals surface area contributed by atoms with E-state index in [1.165, 1.54) is 105 Å². The van der Waals surface area contributed by atoms with Crippen molar-refractivity contribution in [2.75, 3.05) is 0 Å². The average Bonchev–Trinajstić information content (AvgIpc) is 1.10. The van der Waals surface area contributed by atoms with Gasteiger partial charge in [0, 0.05) is 103 Å². The Morgan fingerprint density at radius 1 is 0.271 bits per heavy atom. The molecule has 0 N–H and O–H groups in total. The van der Waals surface area contributed by atoms with Gasteiger partial charge in [-0.15, -0.1) is 0 Å². The molecule has 0 unspecified atom stereocenters. The fourth-order valence-electron chi connectivity index (χ4n) is 16.2. The number of rotatable bonds is 13. The van der Waals surface area contributed by atoms with E-state index < -0.39 is 38.2 Å². The van der Waals surface area contributed by atoms with E-state index in [1.54, 1.807) is 38.5 Å². The Balaban J connectivity index is 0.000000139. The first-order valence-electron chi connectivity index (χ1n) is 47.6. The third kappa shape index (κ3) is 20.7. The van der Waals surface area contributed by atoms with Crippen LogP contribution in [0.25, 0.3) is 112 Å². The molecule has 2 aliphatic rings. The van der Waals surface area contributed by atoms with Crippen LogP contribution in [0.4, 0.5) is 0 Å². The smallest absolute Gasteiger partial charge is 0.201 e. The molecule has 5 heterocycles. The zero-order chi connectivity index (χ0) is 93.2. The Labute approximate surface area is 722 Å². The lowest BCUT2D eigenvalue weighted by Crippen LogP contribution is -2.32. The topological polar surface area (TPSA) is 19.4 Å². The Morgan fingerprint density at radius 3 is 0.898 bits per heavy atom. The lowest BCUT2D eigenvalue weighted by molar-refractivity contribution is -0.660. The molecule has 2 saturated carbocycles. The predicted molar refractivity (Wildman–Crippen MR) is 496 cm³/mol. The van der Waals surface area contributed by atoms with Crippen molar-refractivity contribution < 1.29 is 39.3 Å². The Bertz CT molecular complexity index is 6470. The van der Waals surface area contributed by atoms with Crippen LogP contribution in [0.15, 0.2) is 322 Å². The van der Waals surface area contributed by atoms with Crippen LogP contribution in [0, 0.1) is 62.1 Å². The van der Waals surface area contributed by atoms with Gasteiger partial charge >= 0.3 is 0 Å². The van der Waals surface area contributed by atoms with E-state index in [1.807, 2.05) is 121 Å². The van der Waals surface area contributed by atoms with E-state index in [4.69, 9.17) is 16.4 Å². The molecule has 0 bridgehead atoms. The zero-order valence-corrected chi connectivity index (χ0v) is 71.2. The second-order valence-electron chi connectivity index (χ2n) is 32.2. The molecule has 2 aliphatic carbocycles. The van der Waals surface area contributed by atoms with Crippen LogP contribution in [0.3, 0.4) is 0 Å². The summed E-state index contributed by atoms with van der Waals surface area (Å²) in [6.07, 6.45) is 19.2. The standard InChI is InChI=1S/C25H28N.C24H26N.C23H26N.C21H22N.C20H20N/c1-19-13-14-22(20-9-5-3-6-10-20)17-24(19)25-18-23(15-16-26(25)2)21-11-7-4-8-12-21;1-18-12-13-21(19-8-4-3-5-9-19)16-23(18)24-17-22(14-15-25(24)2)20-10-6-7-11-20;1-16(2)21-14-23(24(5)15-18(21)4)22-13-20(12-11-17(22)3)19-9-7-6-8-10-19;1-15-10-11-19(18-8-6-5-7-9-18)13-20(15)21-12-16(2)17(3)14-22(21)4;1-15-9-12-20(21(3)14-15)19-13-18(11-10-16(19)2)17-7-5-4-6-8-17/h3,5-6,9-10,13-18,21H,4,7-8,11-12H2,1-2H3;3-5,8-9,12-17,20H,6-7,10-11H2,1-2H3;6-16H,1-5H3;5-14H,1-4H3;4-14H,1-3H3/q5*+1/i21D;20D;4D3,16D;3D3;1D3. The normalized spacial score (nSPS) is 15.1. The molecule has 10 aromatic carbocycles. The number of nitrogens with zero attached hydrogens (tertiary/aromatic N) is 5. The summed E-state index contributed by atoms with van der Waals surface area (Å²) in [5.41, 5.74) is 33.5. The Kier molecular flexibility index (Phi) is 23.0. The van der Waals surface area contributed by atoms with Gasteiger partial charge in [-0.05, 0) is 248 Å². The largest absolute Gasteiger partial charge is 0.212 e. The summed E-state index contributed by atoms with van der Waals surface area (Å²) in [7, 11) is 9.85. The fraction of sp³-hybridized carbons (Fsp3) is 0.248. The van der Waals surface area contributed by atoms with Crippen LogP contribution < -0.4 is 22.8 Å². The molecule has 0 spiro atoms. The molecule has 0 saturated heterocycles. The second kappa shape index (κ2) is 39.3. The summed E-state index contributed by atoms with van der Waals surface area (Å²) in [6, 6.07) is 100. The highest BCUT2D eigenvalue weighted by atomic mass is 14.9. The minimum Gasteiger partial charge on any atom is -0.201 e. The maximum Gasteiger partial charge on any atom is 0.212 e. The van der Waals surface area contributed by atoms with E-state index >= 15 is 0 Å². The van der Waals surface area contributed by atoms with Gasteiger partial charge in [-0.3, -0.25) is 0 Å². The lowest BCUT2D eigenvalue weighted by Gasteiger charge is -2.22. The SMILES string of the molecule is [2H]C([2H])([2H])c1c[n+](C)c(-c2cc(-c3ccccc3)ccc2C)cc1C.[2H]C([2H])([2H])c1c[n+](C)c(-c2cc(-c3ccccc3)ccc2C)cc1C([2H])(C)C.[2H]C([2H])([2H])c1ccc(-c2cc(-c3ccccc3)ccc2C)[n+](C)c1.[2H]C1(c2cc[n+](C)c(-c3cc(-c4ccccc4)ccc3C)c2)CCCC1.[2H]C1(c2cc[n+](C)c(-c3cc(-c4ccccc4)ccc3C)c2)CCCCC1. The van der Waals surface area contributed by atoms with Crippen LogP contribution >= 0.6 is 0 Å². The molecule has 5 aromatic heterocycles. The number of hydrogen-bond acceptors (Lipinski definition) is 0. The van der Waals surface area contributed by atoms with Crippen LogP contribution in [-0.2, 0) is 35.2 Å². The molecule has 2 fully saturated rings. The van der Waals surface area contributed by atoms with Crippen LogP contribution in [0.1, 0.15) is 173 Å². The highest BCUT2D eigenvalue weighted by Gasteiger charge is 2.25. The Hall–Kier alpha value is -12.1. The minimum atomic E-state index is -2.26. The molecular weight excluding hydrogens is 1430 g/mol. The third-order valence-electron chi connectivity index (χ3n) is 23.3. The zero-order valence-electron chi connectivity index (χ0n) is 83.2. The summed E-state index contributed by atoms with van der Waals surface area (Å²) in [4.78, 5) is 0. The maximum atomic E-state index is 9.01. The minimum absolute atomic E-state index is 0.232. The first kappa shape index (κ1) is 69.1. The molecular formula is C113H122N5+5. The maximum absolute atomic E-state index is 9.01. The molecule has 0 radical (unpaired) electrons. The van der Waals surface area contributed by atoms with Crippen molar-refractivity contribution in [1.29, 1.82) is 0 Å². The summed E-state index contributed by atoms with van der Waals surface area (Å²) < 4.78 is 106. The lowest BCUT2D eigenvalue weighted by atomic mass is 9.84. The fourth-order valence-corrected chi connectivity index (χ4v) is 16.2. The van der Waals surface area contributed by atoms with Crippen molar-refractivity contribution in [3.8, 4) is 112 Å². The van der Waals surface area contributed by atoms with Crippen molar-refractivity contribution >= 4 is 0 Å². The second-order valence-corrected chi connectivity index (χ2v) is 32.2. The van der Waals surface area contributed by atoms with Crippen LogP contribution in [-0.4, -0.2) is 0 Å². The molecule has 0 amide bonds. The molecule has 17 rings (SSSR count). The van der Waals surface area contributed by atoms with Crippen LogP contribution in [0.5, 0.6) is 0 Å². The van der Waals surface area contributed by atoms with Gasteiger partial charge in [-0.1, -0.05) is 258 Å². The first-order chi connectivity index (χ1) is 61.7. The van der Waals surface area contributed by atoms with Gasteiger partial charge in [-0.25, -0.2) is 22.8 Å². The van der Waals surface area contributed by atoms with Crippen molar-refractivity contribution in [2.45, 2.75) is 151 Å². The van der Waals surface area contributed by atoms with Gasteiger partial charge in [0.15, 0.2) is 31.0 Å². The number of aryl methyl sites for hydroxylation is 14. The molecule has 118 heavy (non-hydrogen) atoms. The van der Waals surface area contributed by atoms with Crippen molar-refractivity contribution in [2.24, 2.45) is 35.2 Å². The van der Waals surface area contributed by atoms with Crippen molar-refractivity contribution in [3.63, 3.8) is 0 Å². The number of pyridine rings is 5. The van der Waals surface area contributed by atoms with E-state index in [9.17, 15) is 0 Å². The highest BCUT2D eigenvalue weighted by Crippen LogP contribution is 2.39. The monoisotopic (exact) mass is 1560 g/mol. The summed E-state index contributed by atoms with van der Waals surface area (Å²) in [6.45, 7) is 9.43. The summed E-state index contributed by atoms with van der Waals surface area (Å²) in [5, 5.41) is 0. The number of hydrogen-bond donors (Lipinski definition) is 0. The van der Waals surface area contributed by atoms with E-state index in [0.29, 0.717) is 16.7 Å². The van der Waals surface area contributed by atoms with Gasteiger partial charge in [0.25, 0.3) is 0 Å². The molecule has 5 nitrogen and oxygen atoms in total.